The summed E-state index contributed by atoms with van der Waals surface area (Å²) in [6, 6.07) is -3.48. The minimum absolute atomic E-state index is 0.0368. The van der Waals surface area contributed by atoms with E-state index in [0.717, 1.165) is 0 Å². The van der Waals surface area contributed by atoms with Gasteiger partial charge in [-0.15, -0.1) is 0 Å². The van der Waals surface area contributed by atoms with Gasteiger partial charge in [0.15, 0.2) is 0 Å². The van der Waals surface area contributed by atoms with E-state index in [-0.39, 0.29) is 55.1 Å². The highest BCUT2D eigenvalue weighted by molar-refractivity contribution is 5.91. The molecule has 0 aliphatic rings. The third-order valence-electron chi connectivity index (χ3n) is 7.29. The number of ether oxygens (including phenoxy) is 2. The number of methoxy groups -OCH3 is 1. The Bertz CT molecular complexity index is 1010. The Balaban J connectivity index is 5.84. The van der Waals surface area contributed by atoms with Gasteiger partial charge in [-0.25, -0.2) is 4.79 Å². The van der Waals surface area contributed by atoms with Gasteiger partial charge in [-0.2, -0.15) is 0 Å². The molecule has 0 aliphatic carbocycles. The third kappa shape index (κ3) is 19.8. The van der Waals surface area contributed by atoms with Crippen LogP contribution in [0.3, 0.4) is 0 Å². The highest BCUT2D eigenvalue weighted by Gasteiger charge is 2.33. The van der Waals surface area contributed by atoms with E-state index in [0.29, 0.717) is 19.3 Å². The van der Waals surface area contributed by atoms with Gasteiger partial charge in [-0.3, -0.25) is 19.2 Å². The lowest BCUT2D eigenvalue weighted by Crippen LogP contribution is -2.57. The molecular weight excluding hydrogens is 618 g/mol. The second-order valence-electron chi connectivity index (χ2n) is 15.5. The van der Waals surface area contributed by atoms with Gasteiger partial charge in [-0.1, -0.05) is 48.5 Å². The average molecular weight is 686 g/mol. The first-order valence-electron chi connectivity index (χ1n) is 17.4. The van der Waals surface area contributed by atoms with E-state index in [1.54, 1.807) is 27.7 Å². The highest BCUT2D eigenvalue weighted by atomic mass is 16.6. The van der Waals surface area contributed by atoms with Gasteiger partial charge in [0.1, 0.15) is 23.7 Å². The zero-order valence-electron chi connectivity index (χ0n) is 31.8. The number of aliphatic hydroxyl groups excluding tert-OH is 1. The van der Waals surface area contributed by atoms with E-state index in [4.69, 9.17) is 9.47 Å². The Morgan fingerprint density at radius 3 is 1.52 bits per heavy atom. The molecule has 0 saturated heterocycles. The van der Waals surface area contributed by atoms with E-state index in [1.807, 2.05) is 55.4 Å². The molecule has 13 nitrogen and oxygen atoms in total. The van der Waals surface area contributed by atoms with Crippen LogP contribution in [0.1, 0.15) is 115 Å². The Labute approximate surface area is 289 Å². The van der Waals surface area contributed by atoms with Gasteiger partial charge in [0, 0.05) is 25.7 Å². The second kappa shape index (κ2) is 21.9. The molecule has 6 N–H and O–H groups in total. The van der Waals surface area contributed by atoms with Crippen LogP contribution in [0, 0.1) is 23.7 Å². The van der Waals surface area contributed by atoms with Crippen molar-refractivity contribution in [1.82, 2.24) is 26.6 Å². The van der Waals surface area contributed by atoms with Gasteiger partial charge >= 0.3 is 6.09 Å². The van der Waals surface area contributed by atoms with Crippen molar-refractivity contribution in [3.8, 4) is 0 Å². The van der Waals surface area contributed by atoms with Crippen LogP contribution in [0.4, 0.5) is 4.79 Å². The number of hydrogen-bond donors (Lipinski definition) is 6. The summed E-state index contributed by atoms with van der Waals surface area (Å²) >= 11 is 0. The molecule has 0 aliphatic heterocycles. The van der Waals surface area contributed by atoms with Crippen LogP contribution < -0.4 is 26.6 Å². The second-order valence-corrected chi connectivity index (χ2v) is 15.5. The summed E-state index contributed by atoms with van der Waals surface area (Å²) in [6.07, 6.45) is -0.457. The molecule has 0 aromatic heterocycles. The summed E-state index contributed by atoms with van der Waals surface area (Å²) in [7, 11) is 1.48. The number of alkyl carbamates (subject to hydrolysis) is 1. The quantitative estimate of drug-likeness (QED) is 0.106. The lowest BCUT2D eigenvalue weighted by Gasteiger charge is -2.30. The average Bonchev–Trinajstić information content (AvgIpc) is 2.91. The van der Waals surface area contributed by atoms with Crippen molar-refractivity contribution < 1.29 is 38.6 Å². The zero-order chi connectivity index (χ0) is 37.4. The van der Waals surface area contributed by atoms with E-state index in [9.17, 15) is 29.1 Å². The van der Waals surface area contributed by atoms with Crippen molar-refractivity contribution in [3.63, 3.8) is 0 Å². The van der Waals surface area contributed by atoms with Gasteiger partial charge in [-0.05, 0) is 84.5 Å². The molecule has 0 aromatic carbocycles. The molecule has 48 heavy (non-hydrogen) atoms. The summed E-state index contributed by atoms with van der Waals surface area (Å²) in [5, 5.41) is 25.3. The molecule has 0 heterocycles. The van der Waals surface area contributed by atoms with Crippen LogP contribution in [0.5, 0.6) is 0 Å². The molecule has 0 saturated carbocycles. The van der Waals surface area contributed by atoms with Crippen LogP contribution >= 0.6 is 0 Å². The Hall–Kier alpha value is -2.93. The molecule has 280 valence electrons. The minimum atomic E-state index is -1.09. The van der Waals surface area contributed by atoms with Crippen LogP contribution in [0.25, 0.3) is 0 Å². The lowest BCUT2D eigenvalue weighted by molar-refractivity contribution is -0.132. The maximum Gasteiger partial charge on any atom is 0.408 e. The third-order valence-corrected chi connectivity index (χ3v) is 7.29. The fourth-order valence-corrected chi connectivity index (χ4v) is 5.07. The van der Waals surface area contributed by atoms with E-state index in [1.165, 1.54) is 7.11 Å². The number of rotatable bonds is 21. The molecule has 0 spiro atoms. The molecule has 0 aromatic rings. The first-order chi connectivity index (χ1) is 22.1. The van der Waals surface area contributed by atoms with Gasteiger partial charge in [0.05, 0.1) is 12.1 Å². The van der Waals surface area contributed by atoms with Crippen molar-refractivity contribution >= 4 is 29.7 Å². The SMILES string of the molecule is COCC[C@H](NC(=O)[C@H](CC(C)C)NC(=O)OC(C)(C)C)C(=O)N[C@@H](CC(C)C)[C@@H](O)C[C@@H](C)C(=O)N[C@@H](CC(C)C)C(=O)NC(C)C. The molecular formula is C35H67N5O8. The normalized spacial score (nSPS) is 15.7. The van der Waals surface area contributed by atoms with Crippen molar-refractivity contribution in [2.24, 2.45) is 23.7 Å². The van der Waals surface area contributed by atoms with E-state index < -0.39 is 59.7 Å². The molecule has 5 amide bonds. The Kier molecular flexibility index (Phi) is 20.6. The van der Waals surface area contributed by atoms with Crippen LogP contribution in [0.15, 0.2) is 0 Å². The molecule has 0 rings (SSSR count). The van der Waals surface area contributed by atoms with Gasteiger partial charge in [0.25, 0.3) is 0 Å². The number of carbonyl (C=O) groups excluding carboxylic acids is 5. The molecule has 0 radical (unpaired) electrons. The maximum atomic E-state index is 13.6. The fraction of sp³-hybridized carbons (Fsp3) is 0.857. The zero-order valence-corrected chi connectivity index (χ0v) is 31.8. The van der Waals surface area contributed by atoms with Crippen molar-refractivity contribution in [3.05, 3.63) is 0 Å². The first kappa shape index (κ1) is 45.1. The monoisotopic (exact) mass is 685 g/mol. The summed E-state index contributed by atoms with van der Waals surface area (Å²) in [4.78, 5) is 65.5. The summed E-state index contributed by atoms with van der Waals surface area (Å²) in [6.45, 7) is 22.4. The standard InChI is InChI=1S/C35H67N5O8/c1-20(2)16-26(29(41)19-24(9)30(42)39-27(17-21(3)4)32(44)36-23(7)8)38-31(43)25(14-15-47-13)37-33(45)28(18-22(5)6)40-34(46)48-35(10,11)12/h20-29,41H,14-19H2,1-13H3,(H,36,44)(H,37,45)(H,38,43)(H,39,42)(H,40,46)/t24-,25+,26+,27+,28+,29+/m1/s1. The van der Waals surface area contributed by atoms with E-state index >= 15 is 0 Å². The number of amides is 5. The highest BCUT2D eigenvalue weighted by Crippen LogP contribution is 2.17. The smallest absolute Gasteiger partial charge is 0.408 e. The topological polar surface area (TPSA) is 184 Å². The van der Waals surface area contributed by atoms with Crippen molar-refractivity contribution in [1.29, 1.82) is 0 Å². The number of hydrogen-bond acceptors (Lipinski definition) is 8. The maximum absolute atomic E-state index is 13.6. The summed E-state index contributed by atoms with van der Waals surface area (Å²) < 4.78 is 10.5. The Morgan fingerprint density at radius 2 is 1.06 bits per heavy atom. The predicted octanol–water partition coefficient (Wildman–Crippen LogP) is 3.42. The van der Waals surface area contributed by atoms with Crippen molar-refractivity contribution in [2.75, 3.05) is 13.7 Å². The fourth-order valence-electron chi connectivity index (χ4n) is 5.07. The molecule has 13 heteroatoms. The van der Waals surface area contributed by atoms with Gasteiger partial charge in [0.2, 0.25) is 23.6 Å². The number of aliphatic hydroxyl groups is 1. The molecule has 0 bridgehead atoms. The minimum Gasteiger partial charge on any atom is -0.444 e. The largest absolute Gasteiger partial charge is 0.444 e. The molecule has 0 fully saturated rings. The van der Waals surface area contributed by atoms with Crippen LogP contribution in [-0.4, -0.2) is 90.5 Å². The van der Waals surface area contributed by atoms with Crippen LogP contribution in [-0.2, 0) is 28.7 Å². The van der Waals surface area contributed by atoms with Gasteiger partial charge < -0.3 is 41.2 Å². The van der Waals surface area contributed by atoms with Crippen molar-refractivity contribution in [2.45, 2.75) is 157 Å². The summed E-state index contributed by atoms with van der Waals surface area (Å²) in [5.41, 5.74) is -0.757. The lowest BCUT2D eigenvalue weighted by atomic mass is 9.91. The first-order valence-corrected chi connectivity index (χ1v) is 17.4. The summed E-state index contributed by atoms with van der Waals surface area (Å²) in [5.74, 6) is -2.05. The Morgan fingerprint density at radius 1 is 0.604 bits per heavy atom. The molecule has 0 unspecified atom stereocenters. The number of carbonyl (C=O) groups is 5. The van der Waals surface area contributed by atoms with Crippen LogP contribution in [0.2, 0.25) is 0 Å². The number of nitrogens with one attached hydrogen (secondary N) is 5. The predicted molar refractivity (Wildman–Crippen MR) is 187 cm³/mol. The van der Waals surface area contributed by atoms with E-state index in [2.05, 4.69) is 26.6 Å². The molecule has 6 atom stereocenters.